The molecule has 0 unspecified atom stereocenters. The Balaban J connectivity index is 1.72. The zero-order valence-electron chi connectivity index (χ0n) is 15.0. The van der Waals surface area contributed by atoms with Crippen molar-refractivity contribution >= 4 is 11.7 Å². The number of aromatic nitrogens is 2. The second-order valence-electron chi connectivity index (χ2n) is 6.68. The molecule has 2 aliphatic heterocycles. The van der Waals surface area contributed by atoms with Crippen LogP contribution in [0.1, 0.15) is 23.2 Å². The predicted octanol–water partition coefficient (Wildman–Crippen LogP) is 0.315. The van der Waals surface area contributed by atoms with Crippen LogP contribution < -0.4 is 4.90 Å². The molecule has 1 aromatic rings. The molecule has 0 N–H and O–H groups in total. The molecule has 3 rings (SSSR count). The van der Waals surface area contributed by atoms with Crippen LogP contribution in [0.3, 0.4) is 0 Å². The first-order chi connectivity index (χ1) is 11.6. The van der Waals surface area contributed by atoms with Crippen molar-refractivity contribution in [3.63, 3.8) is 0 Å². The second-order valence-corrected chi connectivity index (χ2v) is 6.68. The molecule has 0 bridgehead atoms. The van der Waals surface area contributed by atoms with Gasteiger partial charge in [-0.2, -0.15) is 0 Å². The molecule has 3 heterocycles. The molecular formula is C17H28N6O. The summed E-state index contributed by atoms with van der Waals surface area (Å²) in [6.07, 6.45) is 0. The molecule has 0 spiro atoms. The van der Waals surface area contributed by atoms with E-state index in [4.69, 9.17) is 0 Å². The normalized spacial score (nSPS) is 20.5. The van der Waals surface area contributed by atoms with E-state index in [0.717, 1.165) is 64.7 Å². The average Bonchev–Trinajstić information content (AvgIpc) is 2.61. The number of aryl methyl sites for hydroxylation is 1. The summed E-state index contributed by atoms with van der Waals surface area (Å²) in [5.41, 5.74) is 0.529. The number of carbonyl (C=O) groups excluding carboxylic acids is 1. The van der Waals surface area contributed by atoms with E-state index in [1.165, 1.54) is 0 Å². The summed E-state index contributed by atoms with van der Waals surface area (Å²) >= 11 is 0. The first-order valence-electron chi connectivity index (χ1n) is 8.87. The fourth-order valence-electron chi connectivity index (χ4n) is 3.29. The van der Waals surface area contributed by atoms with Crippen molar-refractivity contribution < 1.29 is 4.79 Å². The maximum atomic E-state index is 12.8. The van der Waals surface area contributed by atoms with Crippen LogP contribution in [0, 0.1) is 6.92 Å². The van der Waals surface area contributed by atoms with Crippen LogP contribution in [0.4, 0.5) is 5.82 Å². The zero-order chi connectivity index (χ0) is 17.1. The molecule has 7 heteroatoms. The predicted molar refractivity (Wildman–Crippen MR) is 94.5 cm³/mol. The number of anilines is 1. The molecule has 0 saturated carbocycles. The summed E-state index contributed by atoms with van der Waals surface area (Å²) in [4.78, 5) is 30.6. The maximum Gasteiger partial charge on any atom is 0.272 e. The topological polar surface area (TPSA) is 55.8 Å². The minimum atomic E-state index is 0.0339. The number of amides is 1. The third-order valence-electron chi connectivity index (χ3n) is 4.98. The number of nitrogens with zero attached hydrogens (tertiary/aromatic N) is 6. The van der Waals surface area contributed by atoms with E-state index in [-0.39, 0.29) is 5.91 Å². The number of piperazine rings is 2. The van der Waals surface area contributed by atoms with Gasteiger partial charge in [-0.05, 0) is 20.5 Å². The Morgan fingerprint density at radius 1 is 1.04 bits per heavy atom. The van der Waals surface area contributed by atoms with Crippen LogP contribution in [0.2, 0.25) is 0 Å². The lowest BCUT2D eigenvalue weighted by molar-refractivity contribution is 0.0637. The standard InChI is InChI=1S/C17H28N6O/c1-4-21-7-11-23(12-8-21)17(24)15-13-16(19-14(2)18-15)22-9-5-20(3)6-10-22/h13H,4-12H2,1-3H3. The summed E-state index contributed by atoms with van der Waals surface area (Å²) in [6, 6.07) is 1.87. The van der Waals surface area contributed by atoms with Crippen molar-refractivity contribution in [2.24, 2.45) is 0 Å². The van der Waals surface area contributed by atoms with Gasteiger partial charge in [-0.15, -0.1) is 0 Å². The Hall–Kier alpha value is -1.73. The van der Waals surface area contributed by atoms with Crippen LogP contribution in [-0.4, -0.2) is 96.5 Å². The molecule has 2 saturated heterocycles. The lowest BCUT2D eigenvalue weighted by Crippen LogP contribution is -2.48. The van der Waals surface area contributed by atoms with Crippen molar-refractivity contribution in [2.45, 2.75) is 13.8 Å². The number of rotatable bonds is 3. The van der Waals surface area contributed by atoms with E-state index in [9.17, 15) is 4.79 Å². The third kappa shape index (κ3) is 3.84. The molecule has 1 amide bonds. The largest absolute Gasteiger partial charge is 0.354 e. The van der Waals surface area contributed by atoms with E-state index in [1.807, 2.05) is 17.9 Å². The van der Waals surface area contributed by atoms with Gasteiger partial charge >= 0.3 is 0 Å². The van der Waals surface area contributed by atoms with E-state index < -0.39 is 0 Å². The Morgan fingerprint density at radius 2 is 1.71 bits per heavy atom. The minimum absolute atomic E-state index is 0.0339. The quantitative estimate of drug-likeness (QED) is 0.794. The van der Waals surface area contributed by atoms with Crippen molar-refractivity contribution in [1.82, 2.24) is 24.7 Å². The van der Waals surface area contributed by atoms with E-state index in [0.29, 0.717) is 11.5 Å². The summed E-state index contributed by atoms with van der Waals surface area (Å²) < 4.78 is 0. The number of hydrogen-bond donors (Lipinski definition) is 0. The lowest BCUT2D eigenvalue weighted by Gasteiger charge is -2.35. The van der Waals surface area contributed by atoms with Crippen LogP contribution in [-0.2, 0) is 0 Å². The molecule has 2 aliphatic rings. The van der Waals surface area contributed by atoms with Gasteiger partial charge < -0.3 is 19.6 Å². The molecular weight excluding hydrogens is 304 g/mol. The fourth-order valence-corrected chi connectivity index (χ4v) is 3.29. The van der Waals surface area contributed by atoms with Gasteiger partial charge in [-0.1, -0.05) is 6.92 Å². The molecule has 132 valence electrons. The summed E-state index contributed by atoms with van der Waals surface area (Å²) in [5.74, 6) is 1.58. The van der Waals surface area contributed by atoms with Crippen molar-refractivity contribution in [3.8, 4) is 0 Å². The highest BCUT2D eigenvalue weighted by atomic mass is 16.2. The highest BCUT2D eigenvalue weighted by molar-refractivity contribution is 5.93. The van der Waals surface area contributed by atoms with Crippen LogP contribution in [0.5, 0.6) is 0 Å². The van der Waals surface area contributed by atoms with Crippen LogP contribution >= 0.6 is 0 Å². The molecule has 0 aliphatic carbocycles. The first kappa shape index (κ1) is 17.1. The number of carbonyl (C=O) groups is 1. The van der Waals surface area contributed by atoms with Gasteiger partial charge in [0.05, 0.1) is 0 Å². The highest BCUT2D eigenvalue weighted by Crippen LogP contribution is 2.16. The monoisotopic (exact) mass is 332 g/mol. The van der Waals surface area contributed by atoms with Gasteiger partial charge in [0.1, 0.15) is 17.3 Å². The van der Waals surface area contributed by atoms with E-state index in [2.05, 4.69) is 38.6 Å². The van der Waals surface area contributed by atoms with E-state index >= 15 is 0 Å². The highest BCUT2D eigenvalue weighted by Gasteiger charge is 2.24. The van der Waals surface area contributed by atoms with Crippen molar-refractivity contribution in [3.05, 3.63) is 17.6 Å². The number of hydrogen-bond acceptors (Lipinski definition) is 6. The van der Waals surface area contributed by atoms with Gasteiger partial charge in [0, 0.05) is 58.4 Å². The molecule has 24 heavy (non-hydrogen) atoms. The van der Waals surface area contributed by atoms with Gasteiger partial charge in [-0.25, -0.2) is 9.97 Å². The van der Waals surface area contributed by atoms with Gasteiger partial charge in [-0.3, -0.25) is 4.79 Å². The first-order valence-corrected chi connectivity index (χ1v) is 8.87. The molecule has 2 fully saturated rings. The molecule has 0 atom stereocenters. The fraction of sp³-hybridized carbons (Fsp3) is 0.706. The molecule has 1 aromatic heterocycles. The summed E-state index contributed by atoms with van der Waals surface area (Å²) in [6.45, 7) is 12.4. The Kier molecular flexibility index (Phi) is 5.30. The van der Waals surface area contributed by atoms with Crippen LogP contribution in [0.25, 0.3) is 0 Å². The molecule has 7 nitrogen and oxygen atoms in total. The Bertz CT molecular complexity index is 576. The van der Waals surface area contributed by atoms with Gasteiger partial charge in [0.15, 0.2) is 0 Å². The molecule has 0 radical (unpaired) electrons. The summed E-state index contributed by atoms with van der Waals surface area (Å²) in [5, 5.41) is 0. The second kappa shape index (κ2) is 7.44. The summed E-state index contributed by atoms with van der Waals surface area (Å²) in [7, 11) is 2.13. The van der Waals surface area contributed by atoms with Crippen molar-refractivity contribution in [2.75, 3.05) is 70.9 Å². The van der Waals surface area contributed by atoms with Gasteiger partial charge in [0.25, 0.3) is 5.91 Å². The minimum Gasteiger partial charge on any atom is -0.354 e. The van der Waals surface area contributed by atoms with E-state index in [1.54, 1.807) is 0 Å². The third-order valence-corrected chi connectivity index (χ3v) is 4.98. The zero-order valence-corrected chi connectivity index (χ0v) is 15.0. The maximum absolute atomic E-state index is 12.8. The van der Waals surface area contributed by atoms with Gasteiger partial charge in [0.2, 0.25) is 0 Å². The van der Waals surface area contributed by atoms with Crippen molar-refractivity contribution in [1.29, 1.82) is 0 Å². The smallest absolute Gasteiger partial charge is 0.272 e. The number of likely N-dealkylation sites (N-methyl/N-ethyl adjacent to an activating group) is 2. The Labute approximate surface area is 144 Å². The molecule has 0 aromatic carbocycles. The van der Waals surface area contributed by atoms with Crippen LogP contribution in [0.15, 0.2) is 6.07 Å². The Morgan fingerprint density at radius 3 is 2.33 bits per heavy atom. The lowest BCUT2D eigenvalue weighted by atomic mass is 10.2. The SMILES string of the molecule is CCN1CCN(C(=O)c2cc(N3CCN(C)CC3)nc(C)n2)CC1. The average molecular weight is 332 g/mol.